The summed E-state index contributed by atoms with van der Waals surface area (Å²) in [5.74, 6) is -0.866. The van der Waals surface area contributed by atoms with Crippen molar-refractivity contribution in [1.82, 2.24) is 14.5 Å². The lowest BCUT2D eigenvalue weighted by molar-refractivity contribution is -0.384. The molecule has 2 aromatic carbocycles. The molecule has 1 atom stereocenters. The highest BCUT2D eigenvalue weighted by atomic mass is 19.1. The van der Waals surface area contributed by atoms with Gasteiger partial charge in [0.2, 0.25) is 0 Å². The molecular formula is C23H23FN4O5. The summed E-state index contributed by atoms with van der Waals surface area (Å²) in [6.45, 7) is 3.38. The van der Waals surface area contributed by atoms with Crippen molar-refractivity contribution in [3.63, 3.8) is 0 Å². The first-order valence-corrected chi connectivity index (χ1v) is 10.7. The van der Waals surface area contributed by atoms with Gasteiger partial charge in [-0.25, -0.2) is 9.37 Å². The maximum absolute atomic E-state index is 14.7. The predicted octanol–water partition coefficient (Wildman–Crippen LogP) is 3.21. The average molecular weight is 454 g/mol. The molecule has 0 unspecified atom stereocenters. The standard InChI is InChI=1S/C23H23FN4O5/c1-2-33-23(30)15-6-5-11-26(13-15)14-21-25-19-10-9-16(28(31)32)12-17(19)22(29)27(21)20-8-4-3-7-18(20)24/h3-4,7-10,12,15H,2,5-6,11,13-14H2,1H3/t15-/m1/s1. The highest BCUT2D eigenvalue weighted by Crippen LogP contribution is 2.23. The Balaban J connectivity index is 1.80. The topological polar surface area (TPSA) is 108 Å². The minimum atomic E-state index is -0.615. The van der Waals surface area contributed by atoms with E-state index in [-0.39, 0.29) is 46.5 Å². The fourth-order valence-corrected chi connectivity index (χ4v) is 4.17. The van der Waals surface area contributed by atoms with E-state index in [1.807, 2.05) is 4.90 Å². The van der Waals surface area contributed by atoms with Gasteiger partial charge < -0.3 is 4.74 Å². The quantitative estimate of drug-likeness (QED) is 0.320. The van der Waals surface area contributed by atoms with Crippen LogP contribution >= 0.6 is 0 Å². The predicted molar refractivity (Wildman–Crippen MR) is 119 cm³/mol. The minimum Gasteiger partial charge on any atom is -0.466 e. The zero-order valence-electron chi connectivity index (χ0n) is 18.1. The van der Waals surface area contributed by atoms with Gasteiger partial charge in [0.1, 0.15) is 11.6 Å². The highest BCUT2D eigenvalue weighted by Gasteiger charge is 2.28. The van der Waals surface area contributed by atoms with Crippen LogP contribution in [0.4, 0.5) is 10.1 Å². The van der Waals surface area contributed by atoms with E-state index in [1.54, 1.807) is 13.0 Å². The largest absolute Gasteiger partial charge is 0.466 e. The van der Waals surface area contributed by atoms with Gasteiger partial charge in [-0.15, -0.1) is 0 Å². The molecule has 33 heavy (non-hydrogen) atoms. The van der Waals surface area contributed by atoms with Crippen molar-refractivity contribution in [2.75, 3.05) is 19.7 Å². The monoisotopic (exact) mass is 454 g/mol. The van der Waals surface area contributed by atoms with Crippen LogP contribution in [0.25, 0.3) is 16.6 Å². The van der Waals surface area contributed by atoms with Crippen molar-refractivity contribution in [3.05, 3.63) is 74.6 Å². The lowest BCUT2D eigenvalue weighted by atomic mass is 9.98. The third-order valence-electron chi connectivity index (χ3n) is 5.72. The molecule has 2 heterocycles. The van der Waals surface area contributed by atoms with Crippen molar-refractivity contribution in [2.24, 2.45) is 5.92 Å². The number of para-hydroxylation sites is 1. The number of halogens is 1. The van der Waals surface area contributed by atoms with Crippen molar-refractivity contribution < 1.29 is 18.8 Å². The van der Waals surface area contributed by atoms with Crippen LogP contribution in [0.5, 0.6) is 0 Å². The molecule has 1 aliphatic rings. The number of esters is 1. The van der Waals surface area contributed by atoms with E-state index in [1.165, 1.54) is 30.3 Å². The van der Waals surface area contributed by atoms with E-state index in [4.69, 9.17) is 4.74 Å². The second kappa shape index (κ2) is 9.45. The normalized spacial score (nSPS) is 16.6. The number of ether oxygens (including phenoxy) is 1. The summed E-state index contributed by atoms with van der Waals surface area (Å²) in [6, 6.07) is 9.67. The van der Waals surface area contributed by atoms with E-state index < -0.39 is 16.3 Å². The van der Waals surface area contributed by atoms with Crippen molar-refractivity contribution in [3.8, 4) is 5.69 Å². The Morgan fingerprint density at radius 2 is 2.09 bits per heavy atom. The lowest BCUT2D eigenvalue weighted by Gasteiger charge is -2.31. The Bertz CT molecular complexity index is 1280. The smallest absolute Gasteiger partial charge is 0.310 e. The zero-order valence-corrected chi connectivity index (χ0v) is 18.1. The minimum absolute atomic E-state index is 0.0114. The molecule has 0 bridgehead atoms. The molecule has 1 saturated heterocycles. The number of benzene rings is 2. The third kappa shape index (κ3) is 4.61. The number of non-ortho nitro benzene ring substituents is 1. The molecule has 0 radical (unpaired) electrons. The number of carbonyl (C=O) groups is 1. The van der Waals surface area contributed by atoms with Crippen LogP contribution in [0.1, 0.15) is 25.6 Å². The van der Waals surface area contributed by atoms with E-state index >= 15 is 0 Å². The number of fused-ring (bicyclic) bond motifs is 1. The van der Waals surface area contributed by atoms with Gasteiger partial charge >= 0.3 is 5.97 Å². The summed E-state index contributed by atoms with van der Waals surface area (Å²) in [5, 5.41) is 11.2. The molecule has 172 valence electrons. The number of hydrogen-bond acceptors (Lipinski definition) is 7. The molecule has 0 N–H and O–H groups in total. The second-order valence-electron chi connectivity index (χ2n) is 7.90. The summed E-state index contributed by atoms with van der Waals surface area (Å²) >= 11 is 0. The number of likely N-dealkylation sites (tertiary alicyclic amines) is 1. The first-order chi connectivity index (χ1) is 15.9. The average Bonchev–Trinajstić information content (AvgIpc) is 2.80. The van der Waals surface area contributed by atoms with E-state index in [0.29, 0.717) is 26.1 Å². The van der Waals surface area contributed by atoms with Crippen molar-refractivity contribution >= 4 is 22.6 Å². The van der Waals surface area contributed by atoms with Gasteiger partial charge in [-0.1, -0.05) is 12.1 Å². The van der Waals surface area contributed by atoms with Crippen LogP contribution in [0.15, 0.2) is 47.3 Å². The van der Waals surface area contributed by atoms with E-state index in [2.05, 4.69) is 4.98 Å². The maximum atomic E-state index is 14.7. The van der Waals surface area contributed by atoms with Crippen LogP contribution in [-0.4, -0.2) is 45.0 Å². The van der Waals surface area contributed by atoms with Crippen LogP contribution in [0, 0.1) is 21.8 Å². The van der Waals surface area contributed by atoms with Crippen LogP contribution in [0.2, 0.25) is 0 Å². The van der Waals surface area contributed by atoms with Gasteiger partial charge in [0.05, 0.1) is 40.6 Å². The Labute approximate surface area is 188 Å². The summed E-state index contributed by atoms with van der Waals surface area (Å²) in [5.41, 5.74) is -0.546. The molecular weight excluding hydrogens is 431 g/mol. The fraction of sp³-hybridized carbons (Fsp3) is 0.348. The number of hydrogen-bond donors (Lipinski definition) is 0. The lowest BCUT2D eigenvalue weighted by Crippen LogP contribution is -2.40. The molecule has 1 aliphatic heterocycles. The first kappa shape index (κ1) is 22.5. The SMILES string of the molecule is CCOC(=O)[C@@H]1CCCN(Cc2nc3ccc([N+](=O)[O-])cc3c(=O)n2-c2ccccc2F)C1. The van der Waals surface area contributed by atoms with Crippen LogP contribution in [0.3, 0.4) is 0 Å². The number of carbonyl (C=O) groups excluding carboxylic acids is 1. The highest BCUT2D eigenvalue weighted by molar-refractivity contribution is 5.80. The molecule has 9 nitrogen and oxygen atoms in total. The fourth-order valence-electron chi connectivity index (χ4n) is 4.17. The number of nitro groups is 1. The van der Waals surface area contributed by atoms with Crippen LogP contribution < -0.4 is 5.56 Å². The molecule has 1 aromatic heterocycles. The Hall–Kier alpha value is -3.66. The van der Waals surface area contributed by atoms with Gasteiger partial charge in [0.25, 0.3) is 11.2 Å². The van der Waals surface area contributed by atoms with Gasteiger partial charge in [0, 0.05) is 18.7 Å². The second-order valence-corrected chi connectivity index (χ2v) is 7.90. The summed E-state index contributed by atoms with van der Waals surface area (Å²) in [4.78, 5) is 42.8. The summed E-state index contributed by atoms with van der Waals surface area (Å²) < 4.78 is 21.0. The molecule has 0 amide bonds. The van der Waals surface area contributed by atoms with Crippen LogP contribution in [-0.2, 0) is 16.1 Å². The maximum Gasteiger partial charge on any atom is 0.310 e. The van der Waals surface area contributed by atoms with Gasteiger partial charge in [-0.2, -0.15) is 0 Å². The van der Waals surface area contributed by atoms with Gasteiger partial charge in [0.15, 0.2) is 0 Å². The molecule has 0 saturated carbocycles. The summed E-state index contributed by atoms with van der Waals surface area (Å²) in [7, 11) is 0. The Morgan fingerprint density at radius 3 is 2.82 bits per heavy atom. The van der Waals surface area contributed by atoms with Crippen molar-refractivity contribution in [2.45, 2.75) is 26.3 Å². The Kier molecular flexibility index (Phi) is 6.45. The number of rotatable bonds is 6. The van der Waals surface area contributed by atoms with Gasteiger partial charge in [-0.3, -0.25) is 29.2 Å². The number of nitrogens with zero attached hydrogens (tertiary/aromatic N) is 4. The molecule has 0 aliphatic carbocycles. The zero-order chi connectivity index (χ0) is 23.5. The third-order valence-corrected chi connectivity index (χ3v) is 5.72. The van der Waals surface area contributed by atoms with Crippen molar-refractivity contribution in [1.29, 1.82) is 0 Å². The number of aromatic nitrogens is 2. The summed E-state index contributed by atoms with van der Waals surface area (Å²) in [6.07, 6.45) is 1.48. The van der Waals surface area contributed by atoms with Gasteiger partial charge in [-0.05, 0) is 44.5 Å². The molecule has 0 spiro atoms. The number of nitro benzene ring substituents is 1. The first-order valence-electron chi connectivity index (χ1n) is 10.7. The van der Waals surface area contributed by atoms with E-state index in [9.17, 15) is 24.1 Å². The number of piperidine rings is 1. The molecule has 3 aromatic rings. The van der Waals surface area contributed by atoms with E-state index in [0.717, 1.165) is 17.1 Å². The molecule has 4 rings (SSSR count). The Morgan fingerprint density at radius 1 is 1.30 bits per heavy atom. The molecule has 1 fully saturated rings. The molecule has 10 heteroatoms.